The fourth-order valence-electron chi connectivity index (χ4n) is 1.62. The van der Waals surface area contributed by atoms with Crippen LogP contribution in [-0.2, 0) is 6.54 Å². The van der Waals surface area contributed by atoms with Gasteiger partial charge in [-0.3, -0.25) is 0 Å². The summed E-state index contributed by atoms with van der Waals surface area (Å²) in [4.78, 5) is 0. The molecule has 0 aliphatic heterocycles. The highest BCUT2D eigenvalue weighted by Gasteiger charge is 2.00. The standard InChI is InChI=1S/C14H12BrCl2N/c1-9-2-3-13(7-14(9)15)18-8-10-4-11(16)6-12(17)5-10/h2-7,18H,8H2,1H3. The Morgan fingerprint density at radius 2 is 1.72 bits per heavy atom. The molecule has 2 rings (SSSR count). The molecule has 0 bridgehead atoms. The largest absolute Gasteiger partial charge is 0.381 e. The predicted molar refractivity (Wildman–Crippen MR) is 82.7 cm³/mol. The van der Waals surface area contributed by atoms with Crippen molar-refractivity contribution in [2.45, 2.75) is 13.5 Å². The Balaban J connectivity index is 2.08. The fraction of sp³-hybridized carbons (Fsp3) is 0.143. The van der Waals surface area contributed by atoms with Crippen LogP contribution in [-0.4, -0.2) is 0 Å². The molecule has 2 aromatic carbocycles. The first kappa shape index (κ1) is 13.7. The van der Waals surface area contributed by atoms with Gasteiger partial charge in [-0.2, -0.15) is 0 Å². The molecule has 0 unspecified atom stereocenters. The lowest BCUT2D eigenvalue weighted by Gasteiger charge is -2.09. The molecule has 0 fully saturated rings. The zero-order valence-corrected chi connectivity index (χ0v) is 12.9. The van der Waals surface area contributed by atoms with Crippen molar-refractivity contribution in [2.75, 3.05) is 5.32 Å². The molecule has 1 nitrogen and oxygen atoms in total. The van der Waals surface area contributed by atoms with E-state index in [9.17, 15) is 0 Å². The van der Waals surface area contributed by atoms with Crippen LogP contribution in [0.15, 0.2) is 40.9 Å². The maximum atomic E-state index is 5.96. The summed E-state index contributed by atoms with van der Waals surface area (Å²) in [5.41, 5.74) is 3.33. The summed E-state index contributed by atoms with van der Waals surface area (Å²) in [6.07, 6.45) is 0. The van der Waals surface area contributed by atoms with Crippen molar-refractivity contribution < 1.29 is 0 Å². The zero-order chi connectivity index (χ0) is 13.1. The number of hydrogen-bond acceptors (Lipinski definition) is 1. The van der Waals surface area contributed by atoms with Crippen molar-refractivity contribution in [2.24, 2.45) is 0 Å². The third kappa shape index (κ3) is 3.64. The minimum absolute atomic E-state index is 0.657. The molecule has 2 aromatic rings. The molecular weight excluding hydrogens is 333 g/mol. The molecule has 0 amide bonds. The highest BCUT2D eigenvalue weighted by molar-refractivity contribution is 9.10. The van der Waals surface area contributed by atoms with E-state index >= 15 is 0 Å². The van der Waals surface area contributed by atoms with Crippen LogP contribution in [0, 0.1) is 6.92 Å². The van der Waals surface area contributed by atoms with Gasteiger partial charge >= 0.3 is 0 Å². The van der Waals surface area contributed by atoms with Crippen molar-refractivity contribution in [3.8, 4) is 0 Å². The molecule has 0 radical (unpaired) electrons. The number of hydrogen-bond donors (Lipinski definition) is 1. The van der Waals surface area contributed by atoms with Crippen molar-refractivity contribution in [1.29, 1.82) is 0 Å². The molecule has 0 heterocycles. The second-order valence-corrected chi connectivity index (χ2v) is 5.82. The fourth-order valence-corrected chi connectivity index (χ4v) is 2.57. The summed E-state index contributed by atoms with van der Waals surface area (Å²) >= 11 is 15.4. The molecule has 0 aliphatic carbocycles. The van der Waals surface area contributed by atoms with Crippen molar-refractivity contribution in [3.05, 3.63) is 62.0 Å². The van der Waals surface area contributed by atoms with Gasteiger partial charge < -0.3 is 5.32 Å². The van der Waals surface area contributed by atoms with Crippen LogP contribution < -0.4 is 5.32 Å². The average molecular weight is 345 g/mol. The normalized spacial score (nSPS) is 10.4. The summed E-state index contributed by atoms with van der Waals surface area (Å²) in [7, 11) is 0. The highest BCUT2D eigenvalue weighted by atomic mass is 79.9. The second kappa shape index (κ2) is 5.96. The van der Waals surface area contributed by atoms with Crippen LogP contribution in [0.5, 0.6) is 0 Å². The molecule has 4 heteroatoms. The van der Waals surface area contributed by atoms with Gasteiger partial charge in [-0.1, -0.05) is 45.2 Å². The third-order valence-corrected chi connectivity index (χ3v) is 3.88. The molecule has 0 aromatic heterocycles. The van der Waals surface area contributed by atoms with E-state index in [2.05, 4.69) is 40.3 Å². The first-order chi connectivity index (χ1) is 8.54. The minimum atomic E-state index is 0.657. The van der Waals surface area contributed by atoms with Gasteiger partial charge in [0.2, 0.25) is 0 Å². The van der Waals surface area contributed by atoms with Crippen molar-refractivity contribution in [3.63, 3.8) is 0 Å². The highest BCUT2D eigenvalue weighted by Crippen LogP contribution is 2.23. The van der Waals surface area contributed by atoms with E-state index in [-0.39, 0.29) is 0 Å². The summed E-state index contributed by atoms with van der Waals surface area (Å²) in [6, 6.07) is 11.7. The number of halogens is 3. The Morgan fingerprint density at radius 1 is 1.06 bits per heavy atom. The number of rotatable bonds is 3. The quantitative estimate of drug-likeness (QED) is 0.755. The van der Waals surface area contributed by atoms with Gasteiger partial charge in [0, 0.05) is 26.8 Å². The van der Waals surface area contributed by atoms with Crippen LogP contribution in [0.2, 0.25) is 10.0 Å². The molecule has 18 heavy (non-hydrogen) atoms. The topological polar surface area (TPSA) is 12.0 Å². The smallest absolute Gasteiger partial charge is 0.0424 e. The monoisotopic (exact) mass is 343 g/mol. The number of nitrogens with one attached hydrogen (secondary N) is 1. The second-order valence-electron chi connectivity index (χ2n) is 4.10. The van der Waals surface area contributed by atoms with E-state index in [0.717, 1.165) is 15.7 Å². The first-order valence-electron chi connectivity index (χ1n) is 5.49. The van der Waals surface area contributed by atoms with Gasteiger partial charge in [0.05, 0.1) is 0 Å². The molecular formula is C14H12BrCl2N. The lowest BCUT2D eigenvalue weighted by atomic mass is 10.2. The predicted octanol–water partition coefficient (Wildman–Crippen LogP) is 5.68. The zero-order valence-electron chi connectivity index (χ0n) is 9.81. The van der Waals surface area contributed by atoms with Crippen LogP contribution in [0.3, 0.4) is 0 Å². The van der Waals surface area contributed by atoms with Gasteiger partial charge in [0.25, 0.3) is 0 Å². The molecule has 0 spiro atoms. The molecule has 0 aliphatic rings. The van der Waals surface area contributed by atoms with Crippen LogP contribution in [0.4, 0.5) is 5.69 Å². The third-order valence-electron chi connectivity index (χ3n) is 2.59. The maximum absolute atomic E-state index is 5.96. The Hall–Kier alpha value is -0.700. The lowest BCUT2D eigenvalue weighted by molar-refractivity contribution is 1.15. The van der Waals surface area contributed by atoms with E-state index in [4.69, 9.17) is 23.2 Å². The average Bonchev–Trinajstić information content (AvgIpc) is 2.29. The first-order valence-corrected chi connectivity index (χ1v) is 7.04. The van der Waals surface area contributed by atoms with E-state index in [1.165, 1.54) is 5.56 Å². The molecule has 0 atom stereocenters. The Kier molecular flexibility index (Phi) is 4.55. The molecule has 94 valence electrons. The van der Waals surface area contributed by atoms with E-state index in [1.54, 1.807) is 6.07 Å². The minimum Gasteiger partial charge on any atom is -0.381 e. The molecule has 0 saturated carbocycles. The van der Waals surface area contributed by atoms with Crippen LogP contribution in [0.1, 0.15) is 11.1 Å². The molecule has 1 N–H and O–H groups in total. The Bertz CT molecular complexity index is 549. The number of aryl methyl sites for hydroxylation is 1. The van der Waals surface area contributed by atoms with Gasteiger partial charge in [-0.05, 0) is 48.4 Å². The number of anilines is 1. The maximum Gasteiger partial charge on any atom is 0.0424 e. The van der Waals surface area contributed by atoms with Gasteiger partial charge in [0.1, 0.15) is 0 Å². The van der Waals surface area contributed by atoms with Crippen LogP contribution in [0.25, 0.3) is 0 Å². The molecule has 0 saturated heterocycles. The SMILES string of the molecule is Cc1ccc(NCc2cc(Cl)cc(Cl)c2)cc1Br. The Labute approximate surface area is 125 Å². The van der Waals surface area contributed by atoms with E-state index in [1.807, 2.05) is 18.2 Å². The van der Waals surface area contributed by atoms with Crippen molar-refractivity contribution in [1.82, 2.24) is 0 Å². The van der Waals surface area contributed by atoms with Gasteiger partial charge in [0.15, 0.2) is 0 Å². The summed E-state index contributed by atoms with van der Waals surface area (Å²) in [6.45, 7) is 2.75. The summed E-state index contributed by atoms with van der Waals surface area (Å²) in [5, 5.41) is 4.65. The van der Waals surface area contributed by atoms with Crippen LogP contribution >= 0.6 is 39.1 Å². The summed E-state index contributed by atoms with van der Waals surface area (Å²) in [5.74, 6) is 0. The lowest BCUT2D eigenvalue weighted by Crippen LogP contribution is -1.99. The Morgan fingerprint density at radius 3 is 2.33 bits per heavy atom. The van der Waals surface area contributed by atoms with Gasteiger partial charge in [-0.25, -0.2) is 0 Å². The van der Waals surface area contributed by atoms with E-state index < -0.39 is 0 Å². The van der Waals surface area contributed by atoms with Gasteiger partial charge in [-0.15, -0.1) is 0 Å². The number of benzene rings is 2. The van der Waals surface area contributed by atoms with E-state index in [0.29, 0.717) is 16.6 Å². The van der Waals surface area contributed by atoms with Crippen molar-refractivity contribution >= 4 is 44.8 Å². The summed E-state index contributed by atoms with van der Waals surface area (Å²) < 4.78 is 1.09.